The number of anilines is 6. The summed E-state index contributed by atoms with van der Waals surface area (Å²) in [5.74, 6) is 0. The van der Waals surface area contributed by atoms with Crippen molar-refractivity contribution >= 4 is 101 Å². The Kier molecular flexibility index (Phi) is 9.89. The summed E-state index contributed by atoms with van der Waals surface area (Å²) in [6, 6.07) is 96.1. The highest BCUT2D eigenvalue weighted by atomic mass is 32.2. The molecule has 2 aliphatic heterocycles. The maximum absolute atomic E-state index is 2.53. The Balaban J connectivity index is 0.877. The summed E-state index contributed by atoms with van der Waals surface area (Å²) < 4.78 is 0. The highest BCUT2D eigenvalue weighted by Gasteiger charge is 2.46. The quantitative estimate of drug-likeness (QED) is 0.153. The van der Waals surface area contributed by atoms with Crippen LogP contribution in [0.2, 0.25) is 0 Å². The van der Waals surface area contributed by atoms with Crippen LogP contribution in [0.25, 0.3) is 65.3 Å². The van der Waals surface area contributed by atoms with Gasteiger partial charge in [-0.05, 0) is 187 Å². The van der Waals surface area contributed by atoms with Crippen molar-refractivity contribution in [2.75, 3.05) is 9.80 Å². The molecule has 13 aromatic carbocycles. The highest BCUT2D eigenvalue weighted by molar-refractivity contribution is 8.00. The molecule has 77 heavy (non-hydrogen) atoms. The molecule has 4 heteroatoms. The molecular formula is C73H48N2S2. The minimum absolute atomic E-state index is 0.606. The van der Waals surface area contributed by atoms with E-state index in [9.17, 15) is 0 Å². The minimum atomic E-state index is -0.606. The lowest BCUT2D eigenvalue weighted by molar-refractivity contribution is 0.772. The molecule has 0 unspecified atom stereocenters. The molecule has 0 radical (unpaired) electrons. The lowest BCUT2D eigenvalue weighted by Crippen LogP contribution is -2.28. The van der Waals surface area contributed by atoms with Gasteiger partial charge in [0.2, 0.25) is 0 Å². The second-order valence-electron chi connectivity index (χ2n) is 20.9. The Bertz CT molecular complexity index is 4320. The molecule has 16 rings (SSSR count). The Morgan fingerprint density at radius 2 is 0.662 bits per heavy atom. The third kappa shape index (κ3) is 6.59. The van der Waals surface area contributed by atoms with Crippen LogP contribution in [0.3, 0.4) is 0 Å². The van der Waals surface area contributed by atoms with Gasteiger partial charge in [0, 0.05) is 30.4 Å². The zero-order valence-electron chi connectivity index (χ0n) is 42.5. The lowest BCUT2D eigenvalue weighted by atomic mass is 9.66. The number of aryl methyl sites for hydroxylation is 2. The third-order valence-electron chi connectivity index (χ3n) is 16.7. The van der Waals surface area contributed by atoms with Crippen LogP contribution in [-0.2, 0) is 5.41 Å². The van der Waals surface area contributed by atoms with Crippen LogP contribution in [0.15, 0.2) is 274 Å². The summed E-state index contributed by atoms with van der Waals surface area (Å²) in [6.45, 7) is 4.42. The fraction of sp³-hybridized carbons (Fsp3) is 0.0411. The molecule has 0 saturated heterocycles. The molecule has 362 valence electrons. The van der Waals surface area contributed by atoms with E-state index in [0.717, 1.165) is 0 Å². The number of fused-ring (bicyclic) bond motifs is 6. The third-order valence-corrected chi connectivity index (χ3v) is 18.9. The molecule has 0 N–H and O–H groups in total. The lowest BCUT2D eigenvalue weighted by Gasteiger charge is -2.35. The molecule has 0 atom stereocenters. The van der Waals surface area contributed by atoms with E-state index >= 15 is 0 Å². The van der Waals surface area contributed by atoms with Crippen molar-refractivity contribution in [2.45, 2.75) is 38.8 Å². The van der Waals surface area contributed by atoms with Gasteiger partial charge < -0.3 is 9.80 Å². The second kappa shape index (κ2) is 17.1. The van der Waals surface area contributed by atoms with Crippen LogP contribution < -0.4 is 9.80 Å². The fourth-order valence-corrected chi connectivity index (χ4v) is 15.4. The standard InChI is InChI=1S/C73H48N2S2/c1-45-29-35-61(57-23-11-9-21-55(45)57)74-63-25-13-15-27-67(63)76-69-43-47(33-37-65(69)74)51-39-49-31-32-50-40-52(42-60-72(50)71(49)59(41-51)73(60,53-17-5-3-6-18-53)54-19-7-4-8-20-54)48-34-38-66-70(44-48)77-68-28-16-14-26-64(68)75(66)62-36-30-46(2)56-22-10-12-24-58(56)62/h3-44H,1-2H3. The van der Waals surface area contributed by atoms with E-state index in [2.05, 4.69) is 278 Å². The van der Waals surface area contributed by atoms with Crippen molar-refractivity contribution in [3.63, 3.8) is 0 Å². The maximum atomic E-state index is 2.53. The van der Waals surface area contributed by atoms with Crippen molar-refractivity contribution in [3.05, 3.63) is 288 Å². The van der Waals surface area contributed by atoms with Gasteiger partial charge in [-0.2, -0.15) is 0 Å². The number of hydrogen-bond donors (Lipinski definition) is 0. The molecule has 0 bridgehead atoms. The fourth-order valence-electron chi connectivity index (χ4n) is 13.2. The molecule has 1 aliphatic carbocycles. The number of rotatable bonds is 6. The van der Waals surface area contributed by atoms with Crippen LogP contribution in [-0.4, -0.2) is 0 Å². The van der Waals surface area contributed by atoms with Gasteiger partial charge in [0.15, 0.2) is 0 Å². The largest absolute Gasteiger partial charge is 0.308 e. The maximum Gasteiger partial charge on any atom is 0.0714 e. The molecule has 13 aromatic rings. The average molecular weight is 1020 g/mol. The topological polar surface area (TPSA) is 6.48 Å². The molecule has 0 fully saturated rings. The molecule has 3 aliphatic rings. The monoisotopic (exact) mass is 1020 g/mol. The minimum Gasteiger partial charge on any atom is -0.308 e. The van der Waals surface area contributed by atoms with Crippen molar-refractivity contribution in [2.24, 2.45) is 0 Å². The van der Waals surface area contributed by atoms with Crippen LogP contribution in [0, 0.1) is 13.8 Å². The molecule has 2 heterocycles. The molecule has 0 amide bonds. The van der Waals surface area contributed by atoms with Crippen molar-refractivity contribution in [1.29, 1.82) is 0 Å². The predicted molar refractivity (Wildman–Crippen MR) is 326 cm³/mol. The van der Waals surface area contributed by atoms with Crippen LogP contribution in [0.4, 0.5) is 34.1 Å². The smallest absolute Gasteiger partial charge is 0.0714 e. The molecule has 2 nitrogen and oxygen atoms in total. The number of benzene rings is 13. The Hall–Kier alpha value is -8.80. The van der Waals surface area contributed by atoms with Gasteiger partial charge in [-0.3, -0.25) is 0 Å². The first-order valence-electron chi connectivity index (χ1n) is 26.6. The second-order valence-corrected chi connectivity index (χ2v) is 23.0. The number of hydrogen-bond acceptors (Lipinski definition) is 4. The van der Waals surface area contributed by atoms with Gasteiger partial charge >= 0.3 is 0 Å². The Labute approximate surface area is 456 Å². The van der Waals surface area contributed by atoms with E-state index in [1.165, 1.54) is 152 Å². The number of para-hydroxylation sites is 2. The molecule has 0 aromatic heterocycles. The normalized spacial score (nSPS) is 13.8. The Morgan fingerprint density at radius 1 is 0.286 bits per heavy atom. The summed E-state index contributed by atoms with van der Waals surface area (Å²) in [5.41, 5.74) is 19.2. The molecular weight excluding hydrogens is 969 g/mol. The van der Waals surface area contributed by atoms with Gasteiger partial charge in [-0.25, -0.2) is 0 Å². The molecule has 0 spiro atoms. The average Bonchev–Trinajstić information content (AvgIpc) is 4.03. The molecule has 0 saturated carbocycles. The van der Waals surface area contributed by atoms with E-state index in [1.54, 1.807) is 0 Å². The van der Waals surface area contributed by atoms with Crippen molar-refractivity contribution in [1.82, 2.24) is 0 Å². The van der Waals surface area contributed by atoms with E-state index in [1.807, 2.05) is 23.5 Å². The van der Waals surface area contributed by atoms with Crippen LogP contribution in [0.1, 0.15) is 33.4 Å². The summed E-state index contributed by atoms with van der Waals surface area (Å²) in [5, 5.41) is 10.2. The first kappa shape index (κ1) is 44.5. The van der Waals surface area contributed by atoms with Crippen LogP contribution >= 0.6 is 23.5 Å². The van der Waals surface area contributed by atoms with Gasteiger partial charge in [-0.15, -0.1) is 0 Å². The van der Waals surface area contributed by atoms with E-state index in [0.29, 0.717) is 0 Å². The zero-order chi connectivity index (χ0) is 50.9. The van der Waals surface area contributed by atoms with Gasteiger partial charge in [0.05, 0.1) is 39.5 Å². The summed E-state index contributed by atoms with van der Waals surface area (Å²) in [4.78, 5) is 9.94. The number of nitrogens with zero attached hydrogens (tertiary/aromatic N) is 2. The van der Waals surface area contributed by atoms with Crippen LogP contribution in [0.5, 0.6) is 0 Å². The predicted octanol–water partition coefficient (Wildman–Crippen LogP) is 20.8. The van der Waals surface area contributed by atoms with Gasteiger partial charge in [0.25, 0.3) is 0 Å². The van der Waals surface area contributed by atoms with E-state index in [4.69, 9.17) is 0 Å². The van der Waals surface area contributed by atoms with E-state index < -0.39 is 5.41 Å². The summed E-state index contributed by atoms with van der Waals surface area (Å²) in [7, 11) is 0. The highest BCUT2D eigenvalue weighted by Crippen LogP contribution is 2.60. The van der Waals surface area contributed by atoms with Gasteiger partial charge in [-0.1, -0.05) is 193 Å². The summed E-state index contributed by atoms with van der Waals surface area (Å²) in [6.07, 6.45) is 0. The first-order valence-corrected chi connectivity index (χ1v) is 28.2. The van der Waals surface area contributed by atoms with E-state index in [-0.39, 0.29) is 0 Å². The SMILES string of the molecule is Cc1ccc(N2c3ccccc3Sc3cc(-c4cc5c6c(ccc7cc(-c8ccc9c(c8)Sc8ccccc8N9c8ccc(C)c9ccccc89)cc(c76)C5(c5ccccc5)c5ccccc5)c4)ccc32)c2ccccc12. The Morgan fingerprint density at radius 3 is 1.12 bits per heavy atom. The van der Waals surface area contributed by atoms with Gasteiger partial charge in [0.1, 0.15) is 0 Å². The zero-order valence-corrected chi connectivity index (χ0v) is 44.1. The van der Waals surface area contributed by atoms with Crippen molar-refractivity contribution in [3.8, 4) is 22.3 Å². The van der Waals surface area contributed by atoms with Crippen molar-refractivity contribution < 1.29 is 0 Å². The summed E-state index contributed by atoms with van der Waals surface area (Å²) >= 11 is 3.74. The first-order chi connectivity index (χ1) is 38.0.